The summed E-state index contributed by atoms with van der Waals surface area (Å²) in [7, 11) is 1.84. The first kappa shape index (κ1) is 15.0. The van der Waals surface area contributed by atoms with E-state index >= 15 is 0 Å². The van der Waals surface area contributed by atoms with Gasteiger partial charge in [0.2, 0.25) is 0 Å². The van der Waals surface area contributed by atoms with Gasteiger partial charge in [0.25, 0.3) is 0 Å². The van der Waals surface area contributed by atoms with E-state index < -0.39 is 5.82 Å². The Morgan fingerprint density at radius 3 is 2.55 bits per heavy atom. The normalized spacial score (nSPS) is 12.3. The van der Waals surface area contributed by atoms with Crippen LogP contribution in [-0.4, -0.2) is 18.8 Å². The Morgan fingerprint density at radius 1 is 1.10 bits per heavy atom. The lowest BCUT2D eigenvalue weighted by atomic mass is 10.1. The molecule has 1 N–H and O–H groups in total. The summed E-state index contributed by atoms with van der Waals surface area (Å²) in [6, 6.07) is 13.7. The minimum atomic E-state index is -0.396. The van der Waals surface area contributed by atoms with E-state index in [9.17, 15) is 8.78 Å². The van der Waals surface area contributed by atoms with E-state index in [1.165, 1.54) is 17.0 Å². The van der Waals surface area contributed by atoms with E-state index in [1.54, 1.807) is 11.8 Å². The van der Waals surface area contributed by atoms with Gasteiger partial charge < -0.3 is 5.32 Å². The summed E-state index contributed by atoms with van der Waals surface area (Å²) in [5.74, 6) is 0.0551. The van der Waals surface area contributed by atoms with E-state index in [1.807, 2.05) is 37.4 Å². The third kappa shape index (κ3) is 4.32. The molecule has 0 aliphatic heterocycles. The molecule has 20 heavy (non-hydrogen) atoms. The van der Waals surface area contributed by atoms with Gasteiger partial charge in [0.15, 0.2) is 0 Å². The molecule has 1 unspecified atom stereocenters. The number of benzene rings is 2. The lowest BCUT2D eigenvalue weighted by Crippen LogP contribution is -2.30. The molecule has 1 atom stereocenters. The van der Waals surface area contributed by atoms with Crippen LogP contribution >= 0.6 is 11.8 Å². The zero-order chi connectivity index (χ0) is 14.4. The van der Waals surface area contributed by atoms with Gasteiger partial charge in [0.1, 0.15) is 11.6 Å². The Balaban J connectivity index is 1.97. The van der Waals surface area contributed by atoms with Crippen LogP contribution in [0, 0.1) is 11.6 Å². The molecule has 0 radical (unpaired) electrons. The van der Waals surface area contributed by atoms with Crippen molar-refractivity contribution in [3.05, 3.63) is 65.7 Å². The first-order chi connectivity index (χ1) is 9.69. The lowest BCUT2D eigenvalue weighted by molar-refractivity contribution is 0.555. The molecule has 2 aromatic carbocycles. The average Bonchev–Trinajstić information content (AvgIpc) is 2.48. The van der Waals surface area contributed by atoms with Crippen LogP contribution in [0.5, 0.6) is 0 Å². The summed E-state index contributed by atoms with van der Waals surface area (Å²) < 4.78 is 26.8. The number of halogens is 2. The van der Waals surface area contributed by atoms with Gasteiger partial charge in [-0.05, 0) is 49.4 Å². The second kappa shape index (κ2) is 7.41. The lowest BCUT2D eigenvalue weighted by Gasteiger charge is -2.16. The number of rotatable bonds is 6. The number of hydrogen-bond acceptors (Lipinski definition) is 2. The molecule has 0 fully saturated rings. The molecule has 0 aliphatic rings. The van der Waals surface area contributed by atoms with Crippen molar-refractivity contribution in [1.29, 1.82) is 0 Å². The first-order valence-corrected chi connectivity index (χ1v) is 7.46. The van der Waals surface area contributed by atoms with Crippen LogP contribution in [0.3, 0.4) is 0 Å². The molecular formula is C16H17F2NS. The summed E-state index contributed by atoms with van der Waals surface area (Å²) in [4.78, 5) is 1.17. The standard InChI is InChI=1S/C16H17F2NS/c1-19-14(11-20-15-5-3-2-4-6-15)10-12-9-13(17)7-8-16(12)18/h2-9,14,19H,10-11H2,1H3. The summed E-state index contributed by atoms with van der Waals surface area (Å²) in [5.41, 5.74) is 0.415. The van der Waals surface area contributed by atoms with E-state index in [0.717, 1.165) is 11.8 Å². The molecule has 0 amide bonds. The molecule has 2 aromatic rings. The van der Waals surface area contributed by atoms with Crippen molar-refractivity contribution < 1.29 is 8.78 Å². The predicted octanol–water partition coefficient (Wildman–Crippen LogP) is 3.89. The zero-order valence-electron chi connectivity index (χ0n) is 11.3. The van der Waals surface area contributed by atoms with Crippen molar-refractivity contribution in [2.24, 2.45) is 0 Å². The molecule has 2 rings (SSSR count). The summed E-state index contributed by atoms with van der Waals surface area (Å²) in [6.45, 7) is 0. The highest BCUT2D eigenvalue weighted by atomic mass is 32.2. The molecule has 0 aliphatic carbocycles. The third-order valence-corrected chi connectivity index (χ3v) is 4.25. The Kier molecular flexibility index (Phi) is 5.56. The fourth-order valence-corrected chi connectivity index (χ4v) is 2.95. The number of hydrogen-bond donors (Lipinski definition) is 1. The van der Waals surface area contributed by atoms with Crippen molar-refractivity contribution in [3.8, 4) is 0 Å². The average molecular weight is 293 g/mol. The smallest absolute Gasteiger partial charge is 0.126 e. The van der Waals surface area contributed by atoms with Crippen molar-refractivity contribution in [2.75, 3.05) is 12.8 Å². The van der Waals surface area contributed by atoms with E-state index in [-0.39, 0.29) is 11.9 Å². The van der Waals surface area contributed by atoms with Gasteiger partial charge >= 0.3 is 0 Å². The molecule has 4 heteroatoms. The van der Waals surface area contributed by atoms with Crippen LogP contribution in [-0.2, 0) is 6.42 Å². The summed E-state index contributed by atoms with van der Waals surface area (Å²) >= 11 is 1.70. The quantitative estimate of drug-likeness (QED) is 0.811. The highest BCUT2D eigenvalue weighted by Crippen LogP contribution is 2.20. The number of nitrogens with one attached hydrogen (secondary N) is 1. The highest BCUT2D eigenvalue weighted by Gasteiger charge is 2.12. The molecule has 1 nitrogen and oxygen atoms in total. The van der Waals surface area contributed by atoms with E-state index in [0.29, 0.717) is 12.0 Å². The Morgan fingerprint density at radius 2 is 1.85 bits per heavy atom. The largest absolute Gasteiger partial charge is 0.316 e. The Labute approximate surface area is 122 Å². The molecule has 0 aromatic heterocycles. The molecule has 0 bridgehead atoms. The molecule has 106 valence electrons. The molecular weight excluding hydrogens is 276 g/mol. The first-order valence-electron chi connectivity index (χ1n) is 6.48. The maximum atomic E-state index is 13.6. The zero-order valence-corrected chi connectivity index (χ0v) is 12.1. The maximum Gasteiger partial charge on any atom is 0.126 e. The van der Waals surface area contributed by atoms with Crippen molar-refractivity contribution >= 4 is 11.8 Å². The van der Waals surface area contributed by atoms with Gasteiger partial charge in [0, 0.05) is 16.7 Å². The van der Waals surface area contributed by atoms with E-state index in [4.69, 9.17) is 0 Å². The molecule has 0 saturated carbocycles. The Bertz CT molecular complexity index is 545. The van der Waals surface area contributed by atoms with Crippen LogP contribution in [0.2, 0.25) is 0 Å². The fourth-order valence-electron chi connectivity index (χ4n) is 1.92. The van der Waals surface area contributed by atoms with Gasteiger partial charge in [-0.25, -0.2) is 8.78 Å². The number of thioether (sulfide) groups is 1. The second-order valence-electron chi connectivity index (χ2n) is 4.55. The van der Waals surface area contributed by atoms with Gasteiger partial charge in [-0.1, -0.05) is 18.2 Å². The Hall–Kier alpha value is -1.39. The summed E-state index contributed by atoms with van der Waals surface area (Å²) in [6.07, 6.45) is 0.472. The minimum Gasteiger partial charge on any atom is -0.316 e. The SMILES string of the molecule is CNC(CSc1ccccc1)Cc1cc(F)ccc1F. The fraction of sp³-hybridized carbons (Fsp3) is 0.250. The second-order valence-corrected chi connectivity index (χ2v) is 5.64. The van der Waals surface area contributed by atoms with Crippen molar-refractivity contribution in [2.45, 2.75) is 17.4 Å². The van der Waals surface area contributed by atoms with Gasteiger partial charge in [-0.15, -0.1) is 11.8 Å². The molecule has 0 spiro atoms. The minimum absolute atomic E-state index is 0.0940. The van der Waals surface area contributed by atoms with Gasteiger partial charge in [0.05, 0.1) is 0 Å². The van der Waals surface area contributed by atoms with Crippen molar-refractivity contribution in [1.82, 2.24) is 5.32 Å². The van der Waals surface area contributed by atoms with Crippen LogP contribution in [0.15, 0.2) is 53.4 Å². The summed E-state index contributed by atoms with van der Waals surface area (Å²) in [5, 5.41) is 3.16. The van der Waals surface area contributed by atoms with Gasteiger partial charge in [-0.2, -0.15) is 0 Å². The monoisotopic (exact) mass is 293 g/mol. The van der Waals surface area contributed by atoms with Crippen LogP contribution in [0.1, 0.15) is 5.56 Å². The van der Waals surface area contributed by atoms with Crippen LogP contribution in [0.4, 0.5) is 8.78 Å². The van der Waals surface area contributed by atoms with Crippen LogP contribution < -0.4 is 5.32 Å². The topological polar surface area (TPSA) is 12.0 Å². The van der Waals surface area contributed by atoms with Crippen molar-refractivity contribution in [3.63, 3.8) is 0 Å². The highest BCUT2D eigenvalue weighted by molar-refractivity contribution is 7.99. The third-order valence-electron chi connectivity index (χ3n) is 3.08. The van der Waals surface area contributed by atoms with E-state index in [2.05, 4.69) is 5.32 Å². The molecule has 0 heterocycles. The van der Waals surface area contributed by atoms with Gasteiger partial charge in [-0.3, -0.25) is 0 Å². The van der Waals surface area contributed by atoms with Crippen LogP contribution in [0.25, 0.3) is 0 Å². The molecule has 0 saturated heterocycles. The maximum absolute atomic E-state index is 13.6. The predicted molar refractivity (Wildman–Crippen MR) is 80.1 cm³/mol. The number of likely N-dealkylation sites (N-methyl/N-ethyl adjacent to an activating group) is 1.